The Morgan fingerprint density at radius 2 is 1.77 bits per heavy atom. The molecule has 1 atom stereocenters. The third-order valence-electron chi connectivity index (χ3n) is 3.41. The summed E-state index contributed by atoms with van der Waals surface area (Å²) in [6.45, 7) is 1.84. The number of anilines is 1. The lowest BCUT2D eigenvalue weighted by atomic mass is 10.1. The van der Waals surface area contributed by atoms with Gasteiger partial charge in [0, 0.05) is 36.3 Å². The molecule has 2 amide bonds. The van der Waals surface area contributed by atoms with Gasteiger partial charge in [-0.25, -0.2) is 4.79 Å². The zero-order valence-electron chi connectivity index (χ0n) is 12.1. The topological polar surface area (TPSA) is 59.6 Å². The van der Waals surface area contributed by atoms with Crippen LogP contribution >= 0.6 is 11.6 Å². The zero-order valence-corrected chi connectivity index (χ0v) is 12.9. The number of nitrogens with one attached hydrogen (secondary N) is 2. The van der Waals surface area contributed by atoms with Gasteiger partial charge in [0.25, 0.3) is 5.79 Å². The van der Waals surface area contributed by atoms with Crippen molar-refractivity contribution in [1.82, 2.24) is 5.32 Å². The average Bonchev–Trinajstić information content (AvgIpc) is 2.84. The van der Waals surface area contributed by atoms with E-state index in [1.165, 1.54) is 0 Å². The largest absolute Gasteiger partial charge is 0.445 e. The van der Waals surface area contributed by atoms with Crippen LogP contribution in [0, 0.1) is 0 Å². The van der Waals surface area contributed by atoms with Gasteiger partial charge in [0.05, 0.1) is 0 Å². The Morgan fingerprint density at radius 3 is 2.45 bits per heavy atom. The quantitative estimate of drug-likeness (QED) is 0.887. The fraction of sp³-hybridized carbons (Fsp3) is 0.188. The fourth-order valence-corrected chi connectivity index (χ4v) is 2.38. The van der Waals surface area contributed by atoms with Crippen LogP contribution in [-0.2, 0) is 5.79 Å². The second-order valence-corrected chi connectivity index (χ2v) is 5.46. The lowest BCUT2D eigenvalue weighted by molar-refractivity contribution is -0.0680. The number of fused-ring (bicyclic) bond motifs is 1. The molecule has 2 aromatic rings. The van der Waals surface area contributed by atoms with Gasteiger partial charge in [-0.3, -0.25) is 0 Å². The molecule has 0 saturated heterocycles. The predicted octanol–water partition coefficient (Wildman–Crippen LogP) is 3.74. The van der Waals surface area contributed by atoms with E-state index in [1.54, 1.807) is 37.4 Å². The van der Waals surface area contributed by atoms with Gasteiger partial charge in [-0.1, -0.05) is 11.6 Å². The van der Waals surface area contributed by atoms with Crippen molar-refractivity contribution in [2.24, 2.45) is 0 Å². The van der Waals surface area contributed by atoms with E-state index >= 15 is 0 Å². The van der Waals surface area contributed by atoms with Gasteiger partial charge in [-0.15, -0.1) is 0 Å². The molecule has 5 nitrogen and oxygen atoms in total. The summed E-state index contributed by atoms with van der Waals surface area (Å²) < 4.78 is 11.9. The van der Waals surface area contributed by atoms with Crippen molar-refractivity contribution in [1.29, 1.82) is 0 Å². The molecule has 1 unspecified atom stereocenters. The maximum absolute atomic E-state index is 11.4. The highest BCUT2D eigenvalue weighted by molar-refractivity contribution is 6.30. The number of urea groups is 1. The van der Waals surface area contributed by atoms with Crippen LogP contribution in [0.4, 0.5) is 10.5 Å². The first-order chi connectivity index (χ1) is 10.5. The number of benzene rings is 2. The van der Waals surface area contributed by atoms with Crippen molar-refractivity contribution in [2.45, 2.75) is 12.7 Å². The van der Waals surface area contributed by atoms with Crippen LogP contribution in [0.25, 0.3) is 0 Å². The molecule has 0 spiro atoms. The summed E-state index contributed by atoms with van der Waals surface area (Å²) in [6, 6.07) is 12.3. The van der Waals surface area contributed by atoms with E-state index in [4.69, 9.17) is 21.1 Å². The first-order valence-electron chi connectivity index (χ1n) is 6.77. The van der Waals surface area contributed by atoms with Gasteiger partial charge in [0.15, 0.2) is 11.5 Å². The van der Waals surface area contributed by atoms with E-state index in [0.717, 1.165) is 5.56 Å². The number of hydrogen-bond donors (Lipinski definition) is 2. The van der Waals surface area contributed by atoms with Gasteiger partial charge in [-0.05, 0) is 36.4 Å². The maximum Gasteiger partial charge on any atom is 0.318 e. The van der Waals surface area contributed by atoms with Crippen molar-refractivity contribution in [3.8, 4) is 11.5 Å². The Balaban J connectivity index is 1.85. The molecule has 22 heavy (non-hydrogen) atoms. The summed E-state index contributed by atoms with van der Waals surface area (Å²) in [5.41, 5.74) is 1.48. The number of hydrogen-bond acceptors (Lipinski definition) is 3. The molecule has 0 aliphatic carbocycles. The van der Waals surface area contributed by atoms with Gasteiger partial charge in [0.1, 0.15) is 0 Å². The SMILES string of the molecule is CNC(=O)Nc1ccc2c(c1)OC(C)(c1ccc(Cl)cc1)O2. The molecule has 0 saturated carbocycles. The predicted molar refractivity (Wildman–Crippen MR) is 84.6 cm³/mol. The molecule has 114 valence electrons. The number of halogens is 1. The summed E-state index contributed by atoms with van der Waals surface area (Å²) in [7, 11) is 1.56. The van der Waals surface area contributed by atoms with Gasteiger partial charge >= 0.3 is 6.03 Å². The van der Waals surface area contributed by atoms with Crippen molar-refractivity contribution >= 4 is 23.3 Å². The first-order valence-corrected chi connectivity index (χ1v) is 7.15. The minimum atomic E-state index is -0.918. The molecule has 6 heteroatoms. The molecule has 0 bridgehead atoms. The van der Waals surface area contributed by atoms with Crippen molar-refractivity contribution < 1.29 is 14.3 Å². The standard InChI is InChI=1S/C16H15ClN2O3/c1-16(10-3-5-11(17)6-4-10)21-13-8-7-12(9-14(13)22-16)19-15(20)18-2/h3-9H,1-2H3,(H2,18,19,20). The highest BCUT2D eigenvalue weighted by Gasteiger charge is 2.38. The maximum atomic E-state index is 11.4. The van der Waals surface area contributed by atoms with Crippen molar-refractivity contribution in [3.05, 3.63) is 53.1 Å². The Morgan fingerprint density at radius 1 is 1.09 bits per heavy atom. The number of carbonyl (C=O) groups is 1. The van der Waals surface area contributed by atoms with Crippen molar-refractivity contribution in [2.75, 3.05) is 12.4 Å². The normalized spacial score (nSPS) is 18.9. The van der Waals surface area contributed by atoms with E-state index in [9.17, 15) is 4.79 Å². The average molecular weight is 319 g/mol. The van der Waals surface area contributed by atoms with E-state index in [2.05, 4.69) is 10.6 Å². The summed E-state index contributed by atoms with van der Waals surface area (Å²) in [6.07, 6.45) is 0. The van der Waals surface area contributed by atoms with E-state index in [0.29, 0.717) is 22.2 Å². The molecule has 2 aromatic carbocycles. The van der Waals surface area contributed by atoms with Crippen LogP contribution in [-0.4, -0.2) is 13.1 Å². The smallest absolute Gasteiger partial charge is 0.318 e. The molecule has 0 radical (unpaired) electrons. The monoisotopic (exact) mass is 318 g/mol. The number of carbonyl (C=O) groups excluding carboxylic acids is 1. The Kier molecular flexibility index (Phi) is 3.58. The van der Waals surface area contributed by atoms with Gasteiger partial charge in [0.2, 0.25) is 0 Å². The van der Waals surface area contributed by atoms with Crippen LogP contribution < -0.4 is 20.1 Å². The van der Waals surface area contributed by atoms with Gasteiger partial charge < -0.3 is 20.1 Å². The molecule has 3 rings (SSSR count). The summed E-state index contributed by atoms with van der Waals surface area (Å²) in [5, 5.41) is 5.84. The summed E-state index contributed by atoms with van der Waals surface area (Å²) >= 11 is 5.91. The lowest BCUT2D eigenvalue weighted by Gasteiger charge is -2.23. The van der Waals surface area contributed by atoms with Crippen LogP contribution in [0.2, 0.25) is 5.02 Å². The second-order valence-electron chi connectivity index (χ2n) is 5.02. The summed E-state index contributed by atoms with van der Waals surface area (Å²) in [4.78, 5) is 11.4. The molecule has 1 aliphatic heterocycles. The molecular weight excluding hydrogens is 304 g/mol. The van der Waals surface area contributed by atoms with Crippen LogP contribution in [0.15, 0.2) is 42.5 Å². The molecule has 0 fully saturated rings. The van der Waals surface area contributed by atoms with E-state index in [-0.39, 0.29) is 6.03 Å². The molecule has 2 N–H and O–H groups in total. The van der Waals surface area contributed by atoms with Crippen LogP contribution in [0.1, 0.15) is 12.5 Å². The number of ether oxygens (including phenoxy) is 2. The Labute approximate surface area is 133 Å². The number of amides is 2. The Hall–Kier alpha value is -2.40. The first kappa shape index (κ1) is 14.5. The van der Waals surface area contributed by atoms with E-state index < -0.39 is 5.79 Å². The number of rotatable bonds is 2. The van der Waals surface area contributed by atoms with Crippen LogP contribution in [0.3, 0.4) is 0 Å². The summed E-state index contributed by atoms with van der Waals surface area (Å²) in [5.74, 6) is 0.282. The second kappa shape index (κ2) is 5.42. The minimum absolute atomic E-state index is 0.292. The lowest BCUT2D eigenvalue weighted by Crippen LogP contribution is -2.31. The molecule has 0 aromatic heterocycles. The molecule has 1 aliphatic rings. The zero-order chi connectivity index (χ0) is 15.7. The fourth-order valence-electron chi connectivity index (χ4n) is 2.25. The third kappa shape index (κ3) is 2.67. The van der Waals surface area contributed by atoms with Gasteiger partial charge in [-0.2, -0.15) is 0 Å². The highest BCUT2D eigenvalue weighted by atomic mass is 35.5. The molecule has 1 heterocycles. The van der Waals surface area contributed by atoms with E-state index in [1.807, 2.05) is 19.1 Å². The van der Waals surface area contributed by atoms with Crippen molar-refractivity contribution in [3.63, 3.8) is 0 Å². The minimum Gasteiger partial charge on any atom is -0.445 e. The third-order valence-corrected chi connectivity index (χ3v) is 3.66. The molecular formula is C16H15ClN2O3. The highest BCUT2D eigenvalue weighted by Crippen LogP contribution is 2.45. The Bertz CT molecular complexity index is 718. The van der Waals surface area contributed by atoms with Crippen LogP contribution in [0.5, 0.6) is 11.5 Å².